The third-order valence-electron chi connectivity index (χ3n) is 3.14. The van der Waals surface area contributed by atoms with E-state index in [2.05, 4.69) is 24.1 Å². The number of halogens is 3. The molecule has 110 valence electrons. The van der Waals surface area contributed by atoms with Gasteiger partial charge in [-0.3, -0.25) is 0 Å². The van der Waals surface area contributed by atoms with E-state index in [9.17, 15) is 13.2 Å². The van der Waals surface area contributed by atoms with E-state index in [0.717, 1.165) is 32.5 Å². The molecule has 1 atom stereocenters. The second kappa shape index (κ2) is 9.62. The monoisotopic (exact) mass is 268 g/mol. The number of nitrogens with zero attached hydrogens (tertiary/aromatic N) is 1. The van der Waals surface area contributed by atoms with Crippen LogP contribution < -0.4 is 5.32 Å². The molecular formula is C13H27F3N2. The minimum Gasteiger partial charge on any atom is -0.314 e. The molecule has 0 bridgehead atoms. The zero-order valence-corrected chi connectivity index (χ0v) is 11.8. The Morgan fingerprint density at radius 3 is 2.22 bits per heavy atom. The van der Waals surface area contributed by atoms with Crippen molar-refractivity contribution < 1.29 is 13.2 Å². The average Bonchev–Trinajstić information content (AvgIpc) is 2.29. The maximum atomic E-state index is 11.9. The standard InChI is InChI=1S/C13H27F3N2/c1-4-18(5-2)11-6-8-12(3)17-10-7-9-13(14,15)16/h12,17H,4-11H2,1-3H3. The van der Waals surface area contributed by atoms with Crippen LogP contribution in [-0.4, -0.2) is 43.3 Å². The first-order valence-electron chi connectivity index (χ1n) is 6.91. The van der Waals surface area contributed by atoms with Gasteiger partial charge in [0.1, 0.15) is 0 Å². The topological polar surface area (TPSA) is 15.3 Å². The number of rotatable bonds is 10. The van der Waals surface area contributed by atoms with Gasteiger partial charge < -0.3 is 10.2 Å². The van der Waals surface area contributed by atoms with Crippen LogP contribution in [0.15, 0.2) is 0 Å². The molecule has 0 saturated carbocycles. The van der Waals surface area contributed by atoms with Crippen molar-refractivity contribution in [1.29, 1.82) is 0 Å². The van der Waals surface area contributed by atoms with Gasteiger partial charge in [0, 0.05) is 12.5 Å². The number of hydrogen-bond acceptors (Lipinski definition) is 2. The van der Waals surface area contributed by atoms with Crippen LogP contribution in [0.4, 0.5) is 13.2 Å². The molecule has 0 radical (unpaired) electrons. The molecule has 1 unspecified atom stereocenters. The highest BCUT2D eigenvalue weighted by atomic mass is 19.4. The van der Waals surface area contributed by atoms with E-state index in [1.165, 1.54) is 0 Å². The van der Waals surface area contributed by atoms with Crippen LogP contribution in [0, 0.1) is 0 Å². The fourth-order valence-corrected chi connectivity index (χ4v) is 1.90. The van der Waals surface area contributed by atoms with Crippen molar-refractivity contribution in [3.63, 3.8) is 0 Å². The molecule has 0 rings (SSSR count). The quantitative estimate of drug-likeness (QED) is 0.611. The maximum Gasteiger partial charge on any atom is 0.389 e. The van der Waals surface area contributed by atoms with E-state index in [1.807, 2.05) is 6.92 Å². The second-order valence-electron chi connectivity index (χ2n) is 4.74. The highest BCUT2D eigenvalue weighted by Gasteiger charge is 2.25. The van der Waals surface area contributed by atoms with E-state index in [4.69, 9.17) is 0 Å². The zero-order valence-electron chi connectivity index (χ0n) is 11.8. The van der Waals surface area contributed by atoms with Crippen LogP contribution in [0.5, 0.6) is 0 Å². The summed E-state index contributed by atoms with van der Waals surface area (Å²) in [5, 5.41) is 3.15. The van der Waals surface area contributed by atoms with E-state index in [0.29, 0.717) is 12.6 Å². The second-order valence-corrected chi connectivity index (χ2v) is 4.74. The third-order valence-corrected chi connectivity index (χ3v) is 3.14. The van der Waals surface area contributed by atoms with Gasteiger partial charge in [-0.1, -0.05) is 13.8 Å². The van der Waals surface area contributed by atoms with Crippen LogP contribution in [0.2, 0.25) is 0 Å². The van der Waals surface area contributed by atoms with Crippen LogP contribution in [-0.2, 0) is 0 Å². The first-order chi connectivity index (χ1) is 8.39. The summed E-state index contributed by atoms with van der Waals surface area (Å²) in [6.45, 7) is 9.96. The fourth-order valence-electron chi connectivity index (χ4n) is 1.90. The van der Waals surface area contributed by atoms with Gasteiger partial charge in [0.25, 0.3) is 0 Å². The SMILES string of the molecule is CCN(CC)CCCC(C)NCCCC(F)(F)F. The zero-order chi connectivity index (χ0) is 14.0. The van der Waals surface area contributed by atoms with Crippen molar-refractivity contribution in [2.24, 2.45) is 0 Å². The van der Waals surface area contributed by atoms with Gasteiger partial charge in [0.05, 0.1) is 0 Å². The lowest BCUT2D eigenvalue weighted by molar-refractivity contribution is -0.135. The molecule has 0 heterocycles. The molecule has 0 aromatic carbocycles. The smallest absolute Gasteiger partial charge is 0.314 e. The minimum atomic E-state index is -4.02. The van der Waals surface area contributed by atoms with E-state index in [1.54, 1.807) is 0 Å². The van der Waals surface area contributed by atoms with Gasteiger partial charge in [-0.25, -0.2) is 0 Å². The molecule has 0 aliphatic carbocycles. The lowest BCUT2D eigenvalue weighted by atomic mass is 10.1. The summed E-state index contributed by atoms with van der Waals surface area (Å²) < 4.78 is 35.7. The van der Waals surface area contributed by atoms with Crippen molar-refractivity contribution in [2.75, 3.05) is 26.2 Å². The molecule has 0 aromatic rings. The largest absolute Gasteiger partial charge is 0.389 e. The predicted octanol–water partition coefficient (Wildman–Crippen LogP) is 3.43. The summed E-state index contributed by atoms with van der Waals surface area (Å²) in [5.74, 6) is 0. The van der Waals surface area contributed by atoms with Gasteiger partial charge in [0.2, 0.25) is 0 Å². The van der Waals surface area contributed by atoms with Gasteiger partial charge in [-0.15, -0.1) is 0 Å². The Morgan fingerprint density at radius 1 is 1.11 bits per heavy atom. The van der Waals surface area contributed by atoms with Crippen molar-refractivity contribution in [3.8, 4) is 0 Å². The summed E-state index contributed by atoms with van der Waals surface area (Å²) in [7, 11) is 0. The Morgan fingerprint density at radius 2 is 1.72 bits per heavy atom. The van der Waals surface area contributed by atoms with Crippen molar-refractivity contribution in [3.05, 3.63) is 0 Å². The molecule has 1 N–H and O–H groups in total. The molecule has 0 amide bonds. The van der Waals surface area contributed by atoms with Gasteiger partial charge in [0.15, 0.2) is 0 Å². The molecule has 0 aliphatic heterocycles. The summed E-state index contributed by atoms with van der Waals surface area (Å²) in [6.07, 6.45) is -2.43. The first kappa shape index (κ1) is 17.7. The normalized spacial score (nSPS) is 14.2. The maximum absolute atomic E-state index is 11.9. The van der Waals surface area contributed by atoms with Crippen LogP contribution in [0.3, 0.4) is 0 Å². The number of nitrogens with one attached hydrogen (secondary N) is 1. The summed E-state index contributed by atoms with van der Waals surface area (Å²) >= 11 is 0. The Balaban J connectivity index is 3.45. The minimum absolute atomic E-state index is 0.171. The fraction of sp³-hybridized carbons (Fsp3) is 1.00. The molecule has 0 saturated heterocycles. The molecular weight excluding hydrogens is 241 g/mol. The van der Waals surface area contributed by atoms with Crippen LogP contribution in [0.1, 0.15) is 46.5 Å². The van der Waals surface area contributed by atoms with E-state index >= 15 is 0 Å². The third kappa shape index (κ3) is 10.8. The molecule has 2 nitrogen and oxygen atoms in total. The van der Waals surface area contributed by atoms with E-state index < -0.39 is 12.6 Å². The highest BCUT2D eigenvalue weighted by Crippen LogP contribution is 2.20. The highest BCUT2D eigenvalue weighted by molar-refractivity contribution is 4.63. The van der Waals surface area contributed by atoms with Gasteiger partial charge in [-0.2, -0.15) is 13.2 Å². The molecule has 18 heavy (non-hydrogen) atoms. The first-order valence-corrected chi connectivity index (χ1v) is 6.91. The molecule has 0 aliphatic rings. The van der Waals surface area contributed by atoms with Gasteiger partial charge >= 0.3 is 6.18 Å². The van der Waals surface area contributed by atoms with Crippen LogP contribution >= 0.6 is 0 Å². The predicted molar refractivity (Wildman–Crippen MR) is 69.8 cm³/mol. The summed E-state index contributed by atoms with van der Waals surface area (Å²) in [5.41, 5.74) is 0. The Bertz CT molecular complexity index is 191. The Hall–Kier alpha value is -0.290. The summed E-state index contributed by atoms with van der Waals surface area (Å²) in [6, 6.07) is 0.300. The molecule has 0 fully saturated rings. The lowest BCUT2D eigenvalue weighted by Gasteiger charge is -2.19. The number of alkyl halides is 3. The van der Waals surface area contributed by atoms with Crippen molar-refractivity contribution >= 4 is 0 Å². The number of hydrogen-bond donors (Lipinski definition) is 1. The van der Waals surface area contributed by atoms with Crippen molar-refractivity contribution in [1.82, 2.24) is 10.2 Å². The van der Waals surface area contributed by atoms with Crippen LogP contribution in [0.25, 0.3) is 0 Å². The Kier molecular flexibility index (Phi) is 9.46. The average molecular weight is 268 g/mol. The molecule has 0 aromatic heterocycles. The van der Waals surface area contributed by atoms with E-state index in [-0.39, 0.29) is 6.42 Å². The lowest BCUT2D eigenvalue weighted by Crippen LogP contribution is -2.30. The Labute approximate surface area is 109 Å². The summed E-state index contributed by atoms with van der Waals surface area (Å²) in [4.78, 5) is 2.36. The molecule has 5 heteroatoms. The van der Waals surface area contributed by atoms with Gasteiger partial charge in [-0.05, 0) is 52.4 Å². The van der Waals surface area contributed by atoms with Crippen molar-refractivity contribution in [2.45, 2.75) is 58.7 Å². The molecule has 0 spiro atoms.